The number of nitrogens with zero attached hydrogens (tertiary/aromatic N) is 2. The number of rotatable bonds is 5. The summed E-state index contributed by atoms with van der Waals surface area (Å²) in [4.78, 5) is 13.5. The molecule has 30 heavy (non-hydrogen) atoms. The summed E-state index contributed by atoms with van der Waals surface area (Å²) >= 11 is -2.17. The van der Waals surface area contributed by atoms with E-state index in [0.29, 0.717) is 28.2 Å². The van der Waals surface area contributed by atoms with E-state index in [9.17, 15) is 17.9 Å². The first-order valence-corrected chi connectivity index (χ1v) is 11.2. The highest BCUT2D eigenvalue weighted by Gasteiger charge is 2.26. The molecule has 1 heterocycles. The van der Waals surface area contributed by atoms with E-state index in [1.807, 2.05) is 0 Å². The summed E-state index contributed by atoms with van der Waals surface area (Å²) in [6.07, 6.45) is 4.58. The minimum absolute atomic E-state index is 0.0647. The maximum atomic E-state index is 13.5. The molecule has 0 bridgehead atoms. The Labute approximate surface area is 176 Å². The molecule has 156 valence electrons. The minimum atomic E-state index is -2.17. The van der Waals surface area contributed by atoms with E-state index in [2.05, 4.69) is 12.0 Å². The van der Waals surface area contributed by atoms with Crippen molar-refractivity contribution in [2.75, 3.05) is 0 Å². The first kappa shape index (κ1) is 20.6. The van der Waals surface area contributed by atoms with E-state index in [4.69, 9.17) is 0 Å². The van der Waals surface area contributed by atoms with Crippen molar-refractivity contribution in [1.82, 2.24) is 9.78 Å². The molecule has 0 spiro atoms. The summed E-state index contributed by atoms with van der Waals surface area (Å²) in [6.45, 7) is 2.18. The molecule has 1 saturated carbocycles. The Morgan fingerprint density at radius 2 is 1.77 bits per heavy atom. The molecule has 4 rings (SSSR count). The van der Waals surface area contributed by atoms with Gasteiger partial charge in [0.1, 0.15) is 5.82 Å². The fraction of sp³-hybridized carbons (Fsp3) is 0.304. The Morgan fingerprint density at radius 3 is 2.37 bits per heavy atom. The Balaban J connectivity index is 1.83. The zero-order valence-electron chi connectivity index (χ0n) is 16.6. The molecule has 0 amide bonds. The number of halogens is 1. The maximum Gasteiger partial charge on any atom is 0.275 e. The van der Waals surface area contributed by atoms with Crippen molar-refractivity contribution in [1.29, 1.82) is 0 Å². The topological polar surface area (TPSA) is 75.0 Å². The van der Waals surface area contributed by atoms with Gasteiger partial charge in [0, 0.05) is 11.3 Å². The molecule has 0 radical (unpaired) electrons. The molecule has 1 aliphatic carbocycles. The van der Waals surface area contributed by atoms with Crippen LogP contribution in [-0.4, -0.2) is 18.5 Å². The first-order valence-electron chi connectivity index (χ1n) is 9.95. The molecule has 3 unspecified atom stereocenters. The van der Waals surface area contributed by atoms with Crippen molar-refractivity contribution in [2.45, 2.75) is 38.0 Å². The van der Waals surface area contributed by atoms with Crippen LogP contribution in [0.25, 0.3) is 22.3 Å². The normalized spacial score (nSPS) is 19.7. The van der Waals surface area contributed by atoms with Crippen LogP contribution in [0.15, 0.2) is 59.5 Å². The molecule has 0 saturated heterocycles. The number of aromatic nitrogens is 2. The molecular formula is C23H22FN2O3S-. The SMILES string of the molecule is CC1CCC(n2ncc(-c3ccc(CS(=O)[O-])cc3)c(-c3ccc(F)cc3)c2=O)C1. The van der Waals surface area contributed by atoms with E-state index in [0.717, 1.165) is 24.8 Å². The summed E-state index contributed by atoms with van der Waals surface area (Å²) in [6, 6.07) is 13.0. The first-order chi connectivity index (χ1) is 14.4. The molecule has 0 aliphatic heterocycles. The van der Waals surface area contributed by atoms with Crippen LogP contribution in [-0.2, 0) is 16.8 Å². The Kier molecular flexibility index (Phi) is 5.92. The van der Waals surface area contributed by atoms with Gasteiger partial charge in [0.2, 0.25) is 0 Å². The number of hydrogen-bond donors (Lipinski definition) is 0. The third-order valence-electron chi connectivity index (χ3n) is 5.70. The maximum absolute atomic E-state index is 13.5. The van der Waals surface area contributed by atoms with Crippen molar-refractivity contribution in [3.8, 4) is 22.3 Å². The molecule has 3 atom stereocenters. The van der Waals surface area contributed by atoms with Crippen molar-refractivity contribution < 1.29 is 13.2 Å². The Morgan fingerprint density at radius 1 is 1.10 bits per heavy atom. The standard InChI is InChI=1S/C23H23FN2O3S/c1-15-2-11-20(12-15)26-23(27)22(18-7-9-19(24)10-8-18)21(13-25-26)17-5-3-16(4-6-17)14-30(28)29/h3-10,13,15,20H,2,11-12,14H2,1H3,(H,28,29)/p-1. The summed E-state index contributed by atoms with van der Waals surface area (Å²) in [5, 5.41) is 4.48. The van der Waals surface area contributed by atoms with Gasteiger partial charge in [-0.15, -0.1) is 0 Å². The van der Waals surface area contributed by atoms with Gasteiger partial charge in [-0.3, -0.25) is 9.00 Å². The van der Waals surface area contributed by atoms with Crippen molar-refractivity contribution in [3.05, 3.63) is 76.5 Å². The monoisotopic (exact) mass is 425 g/mol. The largest absolute Gasteiger partial charge is 0.772 e. The van der Waals surface area contributed by atoms with Crippen LogP contribution < -0.4 is 5.56 Å². The van der Waals surface area contributed by atoms with Crippen LogP contribution >= 0.6 is 0 Å². The number of hydrogen-bond acceptors (Lipinski definition) is 4. The third kappa shape index (κ3) is 4.27. The van der Waals surface area contributed by atoms with E-state index in [1.165, 1.54) is 12.1 Å². The lowest BCUT2D eigenvalue weighted by molar-refractivity contribution is 0.431. The smallest absolute Gasteiger partial charge is 0.275 e. The van der Waals surface area contributed by atoms with Crippen molar-refractivity contribution in [3.63, 3.8) is 0 Å². The van der Waals surface area contributed by atoms with Gasteiger partial charge in [-0.1, -0.05) is 54.4 Å². The van der Waals surface area contributed by atoms with Crippen LogP contribution in [0.4, 0.5) is 4.39 Å². The quantitative estimate of drug-likeness (QED) is 0.566. The average Bonchev–Trinajstić information content (AvgIpc) is 3.15. The molecular weight excluding hydrogens is 403 g/mol. The van der Waals surface area contributed by atoms with E-state index < -0.39 is 11.1 Å². The van der Waals surface area contributed by atoms with Gasteiger partial charge in [0.15, 0.2) is 0 Å². The molecule has 2 aromatic carbocycles. The second-order valence-corrected chi connectivity index (χ2v) is 8.80. The van der Waals surface area contributed by atoms with E-state index in [1.54, 1.807) is 47.3 Å². The predicted molar refractivity (Wildman–Crippen MR) is 114 cm³/mol. The van der Waals surface area contributed by atoms with Gasteiger partial charge in [0.25, 0.3) is 5.56 Å². The molecule has 7 heteroatoms. The molecule has 0 N–H and O–H groups in total. The minimum Gasteiger partial charge on any atom is -0.772 e. The van der Waals surface area contributed by atoms with Crippen LogP contribution in [0.2, 0.25) is 0 Å². The fourth-order valence-electron chi connectivity index (χ4n) is 4.16. The van der Waals surface area contributed by atoms with Crippen LogP contribution in [0.3, 0.4) is 0 Å². The molecule has 1 fully saturated rings. The Bertz CT molecular complexity index is 1130. The van der Waals surface area contributed by atoms with Gasteiger partial charge >= 0.3 is 0 Å². The van der Waals surface area contributed by atoms with Crippen molar-refractivity contribution in [2.24, 2.45) is 5.92 Å². The van der Waals surface area contributed by atoms with Crippen LogP contribution in [0.1, 0.15) is 37.8 Å². The fourth-order valence-corrected chi connectivity index (χ4v) is 4.62. The highest BCUT2D eigenvalue weighted by Crippen LogP contribution is 2.35. The summed E-state index contributed by atoms with van der Waals surface area (Å²) in [5.41, 5.74) is 2.97. The van der Waals surface area contributed by atoms with Gasteiger partial charge in [0.05, 0.1) is 17.8 Å². The lowest BCUT2D eigenvalue weighted by atomic mass is 9.96. The predicted octanol–water partition coefficient (Wildman–Crippen LogP) is 4.46. The Hall–Kier alpha value is -2.64. The molecule has 1 aromatic heterocycles. The number of benzene rings is 2. The third-order valence-corrected chi connectivity index (χ3v) is 6.27. The molecule has 3 aromatic rings. The van der Waals surface area contributed by atoms with Gasteiger partial charge in [-0.2, -0.15) is 5.10 Å². The van der Waals surface area contributed by atoms with Crippen molar-refractivity contribution >= 4 is 11.1 Å². The second kappa shape index (κ2) is 8.62. The van der Waals surface area contributed by atoms with Gasteiger partial charge in [-0.05, 0) is 54.0 Å². The van der Waals surface area contributed by atoms with E-state index in [-0.39, 0.29) is 23.2 Å². The van der Waals surface area contributed by atoms with Crippen LogP contribution in [0.5, 0.6) is 0 Å². The zero-order chi connectivity index (χ0) is 21.3. The highest BCUT2D eigenvalue weighted by molar-refractivity contribution is 7.78. The average molecular weight is 426 g/mol. The second-order valence-electron chi connectivity index (χ2n) is 7.91. The van der Waals surface area contributed by atoms with Gasteiger partial charge < -0.3 is 4.55 Å². The van der Waals surface area contributed by atoms with Crippen LogP contribution in [0, 0.1) is 11.7 Å². The summed E-state index contributed by atoms with van der Waals surface area (Å²) in [5.74, 6) is 0.121. The lowest BCUT2D eigenvalue weighted by Crippen LogP contribution is -2.28. The summed E-state index contributed by atoms with van der Waals surface area (Å²) < 4.78 is 36.9. The van der Waals surface area contributed by atoms with E-state index >= 15 is 0 Å². The molecule has 5 nitrogen and oxygen atoms in total. The zero-order valence-corrected chi connectivity index (χ0v) is 17.4. The highest BCUT2D eigenvalue weighted by atomic mass is 32.2. The lowest BCUT2D eigenvalue weighted by Gasteiger charge is -2.17. The molecule has 1 aliphatic rings. The summed E-state index contributed by atoms with van der Waals surface area (Å²) in [7, 11) is 0. The van der Waals surface area contributed by atoms with Gasteiger partial charge in [-0.25, -0.2) is 9.07 Å².